The van der Waals surface area contributed by atoms with E-state index in [0.717, 1.165) is 27.8 Å². The van der Waals surface area contributed by atoms with Gasteiger partial charge in [0.2, 0.25) is 5.91 Å². The number of halogens is 4. The van der Waals surface area contributed by atoms with Crippen LogP contribution in [0.4, 0.5) is 13.2 Å². The first kappa shape index (κ1) is 25.2. The molecular weight excluding hydrogens is 525 g/mol. The van der Waals surface area contributed by atoms with Gasteiger partial charge in [-0.25, -0.2) is 8.42 Å². The summed E-state index contributed by atoms with van der Waals surface area (Å²) in [5.74, 6) is 0.0971. The fourth-order valence-corrected chi connectivity index (χ4v) is 6.49. The molecule has 0 bridgehead atoms. The number of thiophene rings is 1. The highest BCUT2D eigenvalue weighted by molar-refractivity contribution is 7.91. The standard InChI is InChI=1S/C23H18ClF3N2O4S2/c24-20-10-11-21(34-20)35(31,32)29-12-2-5-19(29)22(30)28-14-15-3-1-4-18(13-15)33-17-8-6-16(7-9-17)23(25,26)27/h1-11,13,19H,12,14H2,(H,28,30)/t19-/m0/s1. The zero-order chi connectivity index (χ0) is 25.2. The average Bonchev–Trinajstić information content (AvgIpc) is 3.48. The van der Waals surface area contributed by atoms with Crippen LogP contribution in [-0.2, 0) is 27.5 Å². The zero-order valence-corrected chi connectivity index (χ0v) is 20.2. The fraction of sp³-hybridized carbons (Fsp3) is 0.174. The van der Waals surface area contributed by atoms with Crippen LogP contribution in [0.1, 0.15) is 11.1 Å². The maximum Gasteiger partial charge on any atom is 0.416 e. The van der Waals surface area contributed by atoms with Gasteiger partial charge < -0.3 is 10.1 Å². The molecule has 1 amide bonds. The maximum absolute atomic E-state index is 12.9. The second-order valence-electron chi connectivity index (χ2n) is 7.50. The Morgan fingerprint density at radius 2 is 1.86 bits per heavy atom. The molecule has 0 saturated carbocycles. The summed E-state index contributed by atoms with van der Waals surface area (Å²) >= 11 is 6.78. The molecular formula is C23H18ClF3N2O4S2. The van der Waals surface area contributed by atoms with Gasteiger partial charge in [-0.15, -0.1) is 11.3 Å². The zero-order valence-electron chi connectivity index (χ0n) is 17.8. The molecule has 1 aromatic heterocycles. The van der Waals surface area contributed by atoms with Crippen molar-refractivity contribution in [3.8, 4) is 11.5 Å². The lowest BCUT2D eigenvalue weighted by Crippen LogP contribution is -2.45. The van der Waals surface area contributed by atoms with Crippen molar-refractivity contribution in [1.82, 2.24) is 9.62 Å². The lowest BCUT2D eigenvalue weighted by atomic mass is 10.2. The molecule has 12 heteroatoms. The summed E-state index contributed by atoms with van der Waals surface area (Å²) in [6.45, 7) is 0.151. The van der Waals surface area contributed by atoms with Crippen LogP contribution in [0.25, 0.3) is 0 Å². The van der Waals surface area contributed by atoms with E-state index in [9.17, 15) is 26.4 Å². The summed E-state index contributed by atoms with van der Waals surface area (Å²) in [4.78, 5) is 12.8. The first-order valence-corrected chi connectivity index (χ1v) is 12.8. The second-order valence-corrected chi connectivity index (χ2v) is 11.3. The van der Waals surface area contributed by atoms with Gasteiger partial charge in [-0.05, 0) is 54.1 Å². The van der Waals surface area contributed by atoms with E-state index >= 15 is 0 Å². The summed E-state index contributed by atoms with van der Waals surface area (Å²) in [6, 6.07) is 12.8. The number of nitrogens with zero attached hydrogens (tertiary/aromatic N) is 1. The van der Waals surface area contributed by atoms with E-state index in [1.807, 2.05) is 0 Å². The molecule has 2 aromatic carbocycles. The molecule has 35 heavy (non-hydrogen) atoms. The smallest absolute Gasteiger partial charge is 0.416 e. The van der Waals surface area contributed by atoms with Crippen LogP contribution in [-0.4, -0.2) is 31.2 Å². The minimum Gasteiger partial charge on any atom is -0.457 e. The summed E-state index contributed by atoms with van der Waals surface area (Å²) in [7, 11) is -3.90. The third kappa shape index (κ3) is 5.87. The van der Waals surface area contributed by atoms with Gasteiger partial charge in [-0.1, -0.05) is 35.9 Å². The largest absolute Gasteiger partial charge is 0.457 e. The van der Waals surface area contributed by atoms with Crippen LogP contribution in [0.3, 0.4) is 0 Å². The van der Waals surface area contributed by atoms with Gasteiger partial charge in [-0.2, -0.15) is 17.5 Å². The van der Waals surface area contributed by atoms with E-state index in [1.165, 1.54) is 30.3 Å². The molecule has 0 spiro atoms. The summed E-state index contributed by atoms with van der Waals surface area (Å²) < 4.78 is 71.1. The summed E-state index contributed by atoms with van der Waals surface area (Å²) in [5.41, 5.74) is -0.121. The van der Waals surface area contributed by atoms with Crippen molar-refractivity contribution in [2.24, 2.45) is 0 Å². The summed E-state index contributed by atoms with van der Waals surface area (Å²) in [6.07, 6.45) is -1.31. The van der Waals surface area contributed by atoms with E-state index in [2.05, 4.69) is 5.32 Å². The van der Waals surface area contributed by atoms with Gasteiger partial charge >= 0.3 is 6.18 Å². The SMILES string of the molecule is O=C(NCc1cccc(Oc2ccc(C(F)(F)F)cc2)c1)[C@@H]1C=CCN1S(=O)(=O)c1ccc(Cl)s1. The van der Waals surface area contributed by atoms with Crippen molar-refractivity contribution in [2.45, 2.75) is 23.0 Å². The van der Waals surface area contributed by atoms with Crippen LogP contribution in [0.2, 0.25) is 4.34 Å². The number of alkyl halides is 3. The van der Waals surface area contributed by atoms with Gasteiger partial charge in [0.15, 0.2) is 0 Å². The molecule has 0 unspecified atom stereocenters. The molecule has 1 N–H and O–H groups in total. The van der Waals surface area contributed by atoms with Crippen molar-refractivity contribution in [1.29, 1.82) is 0 Å². The number of ether oxygens (including phenoxy) is 1. The van der Waals surface area contributed by atoms with Crippen molar-refractivity contribution in [3.05, 3.63) is 88.3 Å². The van der Waals surface area contributed by atoms with E-state index in [4.69, 9.17) is 16.3 Å². The topological polar surface area (TPSA) is 75.7 Å². The maximum atomic E-state index is 12.9. The number of sulfonamides is 1. The number of amides is 1. The highest BCUT2D eigenvalue weighted by atomic mass is 35.5. The van der Waals surface area contributed by atoms with Crippen LogP contribution < -0.4 is 10.1 Å². The molecule has 0 fully saturated rings. The van der Waals surface area contributed by atoms with Gasteiger partial charge in [-0.3, -0.25) is 4.79 Å². The third-order valence-electron chi connectivity index (χ3n) is 5.08. The van der Waals surface area contributed by atoms with Crippen molar-refractivity contribution in [3.63, 3.8) is 0 Å². The molecule has 4 rings (SSSR count). The average molecular weight is 543 g/mol. The molecule has 6 nitrogen and oxygen atoms in total. The Kier molecular flexibility index (Phi) is 7.22. The van der Waals surface area contributed by atoms with Crippen LogP contribution in [0.5, 0.6) is 11.5 Å². The highest BCUT2D eigenvalue weighted by Crippen LogP contribution is 2.32. The predicted octanol–water partition coefficient (Wildman–Crippen LogP) is 5.46. The van der Waals surface area contributed by atoms with Crippen LogP contribution in [0.15, 0.2) is 77.0 Å². The quantitative estimate of drug-likeness (QED) is 0.402. The van der Waals surface area contributed by atoms with Crippen molar-refractivity contribution >= 4 is 38.9 Å². The molecule has 0 saturated heterocycles. The number of benzene rings is 2. The molecule has 1 aliphatic rings. The molecule has 2 heterocycles. The number of rotatable bonds is 7. The van der Waals surface area contributed by atoms with Crippen molar-refractivity contribution < 1.29 is 31.1 Å². The molecule has 0 aliphatic carbocycles. The lowest BCUT2D eigenvalue weighted by molar-refractivity contribution is -0.137. The monoisotopic (exact) mass is 542 g/mol. The third-order valence-corrected chi connectivity index (χ3v) is 8.62. The Morgan fingerprint density at radius 3 is 2.51 bits per heavy atom. The van der Waals surface area contributed by atoms with Crippen LogP contribution >= 0.6 is 22.9 Å². The molecule has 1 aliphatic heterocycles. The Morgan fingerprint density at radius 1 is 1.11 bits per heavy atom. The number of hydrogen-bond donors (Lipinski definition) is 1. The number of carbonyl (C=O) groups excluding carboxylic acids is 1. The highest BCUT2D eigenvalue weighted by Gasteiger charge is 2.37. The van der Waals surface area contributed by atoms with E-state index in [0.29, 0.717) is 15.6 Å². The number of nitrogens with one attached hydrogen (secondary N) is 1. The first-order valence-electron chi connectivity index (χ1n) is 10.2. The minimum atomic E-state index is -4.43. The predicted molar refractivity (Wildman–Crippen MR) is 126 cm³/mol. The van der Waals surface area contributed by atoms with Gasteiger partial charge in [0.25, 0.3) is 10.0 Å². The Balaban J connectivity index is 1.39. The molecule has 3 aromatic rings. The van der Waals surface area contributed by atoms with Crippen molar-refractivity contribution in [2.75, 3.05) is 6.54 Å². The van der Waals surface area contributed by atoms with E-state index in [-0.39, 0.29) is 23.0 Å². The lowest BCUT2D eigenvalue weighted by Gasteiger charge is -2.22. The molecule has 1 atom stereocenters. The van der Waals surface area contributed by atoms with Gasteiger partial charge in [0.05, 0.1) is 9.90 Å². The first-order chi connectivity index (χ1) is 16.5. The number of carbonyl (C=O) groups is 1. The molecule has 0 radical (unpaired) electrons. The Bertz CT molecular complexity index is 1360. The number of hydrogen-bond acceptors (Lipinski definition) is 5. The minimum absolute atomic E-state index is 0.0529. The van der Waals surface area contributed by atoms with Gasteiger partial charge in [0.1, 0.15) is 21.8 Å². The van der Waals surface area contributed by atoms with Crippen LogP contribution in [0, 0.1) is 0 Å². The van der Waals surface area contributed by atoms with E-state index in [1.54, 1.807) is 30.3 Å². The normalized spacial score (nSPS) is 16.4. The Hall–Kier alpha value is -2.86. The summed E-state index contributed by atoms with van der Waals surface area (Å²) in [5, 5.41) is 2.72. The fourth-order valence-electron chi connectivity index (χ4n) is 3.38. The Labute approximate surface area is 208 Å². The second kappa shape index (κ2) is 10.0. The van der Waals surface area contributed by atoms with Gasteiger partial charge in [0, 0.05) is 13.1 Å². The van der Waals surface area contributed by atoms with E-state index < -0.39 is 33.7 Å². The molecule has 184 valence electrons.